The predicted octanol–water partition coefficient (Wildman–Crippen LogP) is 3.29. The molecule has 1 aromatic heterocycles. The number of amides is 2. The Labute approximate surface area is 176 Å². The van der Waals surface area contributed by atoms with E-state index in [4.69, 9.17) is 5.26 Å². The summed E-state index contributed by atoms with van der Waals surface area (Å²) in [5, 5.41) is 26.3. The molecule has 0 spiro atoms. The van der Waals surface area contributed by atoms with Gasteiger partial charge in [-0.15, -0.1) is 6.58 Å². The fourth-order valence-electron chi connectivity index (χ4n) is 4.01. The standard InChI is InChI=1S/C21H20F3N5O2/c1-2-20(31)6-7-21(23,24)18-15-11-28(8-5-17(15)27-29(18)12-20)19(30)26-14-3-4-16(22)13(9-14)10-25/h2-4,9,31H,1,5-8,11-12H2,(H,26,30). The van der Waals surface area contributed by atoms with E-state index in [1.54, 1.807) is 6.07 Å². The molecule has 0 saturated carbocycles. The number of urea groups is 1. The van der Waals surface area contributed by atoms with E-state index in [0.717, 1.165) is 10.7 Å². The van der Waals surface area contributed by atoms with Gasteiger partial charge in [0.25, 0.3) is 5.92 Å². The van der Waals surface area contributed by atoms with Crippen LogP contribution in [0.5, 0.6) is 0 Å². The third-order valence-electron chi connectivity index (χ3n) is 5.75. The highest BCUT2D eigenvalue weighted by atomic mass is 19.3. The number of nitriles is 1. The van der Waals surface area contributed by atoms with E-state index in [1.807, 2.05) is 0 Å². The molecule has 2 aliphatic rings. The summed E-state index contributed by atoms with van der Waals surface area (Å²) >= 11 is 0. The van der Waals surface area contributed by atoms with E-state index < -0.39 is 29.8 Å². The highest BCUT2D eigenvalue weighted by molar-refractivity contribution is 5.89. The van der Waals surface area contributed by atoms with E-state index in [0.29, 0.717) is 5.69 Å². The highest BCUT2D eigenvalue weighted by Crippen LogP contribution is 2.42. The summed E-state index contributed by atoms with van der Waals surface area (Å²) in [4.78, 5) is 14.1. The van der Waals surface area contributed by atoms with Crippen molar-refractivity contribution in [2.45, 2.75) is 43.9 Å². The third-order valence-corrected chi connectivity index (χ3v) is 5.75. The predicted molar refractivity (Wildman–Crippen MR) is 105 cm³/mol. The van der Waals surface area contributed by atoms with Crippen molar-refractivity contribution in [2.24, 2.45) is 0 Å². The van der Waals surface area contributed by atoms with Crippen molar-refractivity contribution in [1.29, 1.82) is 5.26 Å². The lowest BCUT2D eigenvalue weighted by Crippen LogP contribution is -2.39. The Balaban J connectivity index is 1.60. The minimum absolute atomic E-state index is 0.0785. The van der Waals surface area contributed by atoms with Crippen molar-refractivity contribution in [2.75, 3.05) is 11.9 Å². The van der Waals surface area contributed by atoms with Crippen molar-refractivity contribution < 1.29 is 23.1 Å². The molecular formula is C21H20F3N5O2. The topological polar surface area (TPSA) is 94.2 Å². The molecule has 10 heteroatoms. The SMILES string of the molecule is C=CC1(O)CCC(F)(F)c2c3c(nn2C1)CCN(C(=O)Nc1ccc(F)c(C#N)c1)C3. The molecular weight excluding hydrogens is 411 g/mol. The number of fused-ring (bicyclic) bond motifs is 3. The Kier molecular flexibility index (Phi) is 5.01. The first-order chi connectivity index (χ1) is 14.7. The lowest BCUT2D eigenvalue weighted by atomic mass is 9.95. The number of aliphatic hydroxyl groups is 1. The molecule has 162 valence electrons. The third kappa shape index (κ3) is 3.77. The van der Waals surface area contributed by atoms with E-state index in [2.05, 4.69) is 17.0 Å². The average molecular weight is 431 g/mol. The van der Waals surface area contributed by atoms with Crippen molar-refractivity contribution in [3.63, 3.8) is 0 Å². The van der Waals surface area contributed by atoms with Gasteiger partial charge in [-0.2, -0.15) is 19.1 Å². The molecule has 2 aliphatic heterocycles. The summed E-state index contributed by atoms with van der Waals surface area (Å²) < 4.78 is 44.6. The van der Waals surface area contributed by atoms with Crippen molar-refractivity contribution in [3.05, 3.63) is 59.2 Å². The molecule has 0 saturated heterocycles. The van der Waals surface area contributed by atoms with Crippen LogP contribution in [-0.2, 0) is 25.4 Å². The number of alkyl halides is 2. The van der Waals surface area contributed by atoms with Gasteiger partial charge in [-0.25, -0.2) is 9.18 Å². The molecule has 4 rings (SSSR count). The molecule has 7 nitrogen and oxygen atoms in total. The number of rotatable bonds is 2. The van der Waals surface area contributed by atoms with Crippen LogP contribution in [-0.4, -0.2) is 38.0 Å². The summed E-state index contributed by atoms with van der Waals surface area (Å²) in [5.74, 6) is -3.92. The number of aromatic nitrogens is 2. The maximum atomic E-state index is 15.0. The van der Waals surface area contributed by atoms with Crippen LogP contribution in [0, 0.1) is 17.1 Å². The quantitative estimate of drug-likeness (QED) is 0.714. The number of hydrogen-bond donors (Lipinski definition) is 2. The minimum atomic E-state index is -3.22. The molecule has 0 fully saturated rings. The number of nitrogens with one attached hydrogen (secondary N) is 1. The van der Waals surface area contributed by atoms with Crippen LogP contribution in [0.25, 0.3) is 0 Å². The van der Waals surface area contributed by atoms with E-state index >= 15 is 0 Å². The van der Waals surface area contributed by atoms with Crippen LogP contribution < -0.4 is 5.32 Å². The molecule has 3 heterocycles. The minimum Gasteiger partial charge on any atom is -0.384 e. The number of nitrogens with zero attached hydrogens (tertiary/aromatic N) is 4. The second kappa shape index (κ2) is 7.42. The first kappa shape index (κ1) is 20.9. The van der Waals surface area contributed by atoms with Crippen LogP contribution in [0.4, 0.5) is 23.7 Å². The van der Waals surface area contributed by atoms with E-state index in [1.165, 1.54) is 23.1 Å². The zero-order valence-electron chi connectivity index (χ0n) is 16.5. The van der Waals surface area contributed by atoms with E-state index in [-0.39, 0.29) is 55.0 Å². The molecule has 1 unspecified atom stereocenters. The van der Waals surface area contributed by atoms with Crippen LogP contribution in [0.15, 0.2) is 30.9 Å². The first-order valence-electron chi connectivity index (χ1n) is 9.74. The summed E-state index contributed by atoms with van der Waals surface area (Å²) in [5.41, 5.74) is -1.01. The van der Waals surface area contributed by atoms with Crippen LogP contribution >= 0.6 is 0 Å². The van der Waals surface area contributed by atoms with Crippen LogP contribution in [0.2, 0.25) is 0 Å². The van der Waals surface area contributed by atoms with Gasteiger partial charge in [-0.3, -0.25) is 4.68 Å². The second-order valence-corrected chi connectivity index (χ2v) is 7.85. The lowest BCUT2D eigenvalue weighted by molar-refractivity contribution is -0.0311. The highest BCUT2D eigenvalue weighted by Gasteiger charge is 2.46. The van der Waals surface area contributed by atoms with Gasteiger partial charge < -0.3 is 15.3 Å². The van der Waals surface area contributed by atoms with Gasteiger partial charge in [-0.1, -0.05) is 6.08 Å². The molecule has 2 N–H and O–H groups in total. The molecule has 2 amide bonds. The summed E-state index contributed by atoms with van der Waals surface area (Å²) in [6, 6.07) is 4.74. The molecule has 0 bridgehead atoms. The second-order valence-electron chi connectivity index (χ2n) is 7.85. The monoisotopic (exact) mass is 431 g/mol. The van der Waals surface area contributed by atoms with Crippen molar-refractivity contribution in [1.82, 2.24) is 14.7 Å². The maximum absolute atomic E-state index is 15.0. The Hall–Kier alpha value is -3.32. The van der Waals surface area contributed by atoms with Gasteiger partial charge in [-0.05, 0) is 24.6 Å². The number of benzene rings is 1. The van der Waals surface area contributed by atoms with Gasteiger partial charge in [0, 0.05) is 30.6 Å². The lowest BCUT2D eigenvalue weighted by Gasteiger charge is -2.28. The fraction of sp³-hybridized carbons (Fsp3) is 0.381. The summed E-state index contributed by atoms with van der Waals surface area (Å²) in [6.07, 6.45) is 0.818. The molecule has 2 aromatic rings. The molecule has 31 heavy (non-hydrogen) atoms. The first-order valence-corrected chi connectivity index (χ1v) is 9.74. The van der Waals surface area contributed by atoms with Crippen LogP contribution in [0.3, 0.4) is 0 Å². The van der Waals surface area contributed by atoms with Gasteiger partial charge in [0.05, 0.1) is 24.3 Å². The average Bonchev–Trinajstić information content (AvgIpc) is 3.06. The Morgan fingerprint density at radius 3 is 2.87 bits per heavy atom. The van der Waals surface area contributed by atoms with Gasteiger partial charge in [0.15, 0.2) is 0 Å². The number of carbonyl (C=O) groups is 1. The normalized spacial score (nSPS) is 22.0. The Morgan fingerprint density at radius 1 is 1.39 bits per heavy atom. The summed E-state index contributed by atoms with van der Waals surface area (Å²) in [7, 11) is 0. The molecule has 0 aliphatic carbocycles. The van der Waals surface area contributed by atoms with E-state index in [9.17, 15) is 23.1 Å². The molecule has 0 radical (unpaired) electrons. The number of halogens is 3. The van der Waals surface area contributed by atoms with Crippen molar-refractivity contribution in [3.8, 4) is 6.07 Å². The zero-order chi connectivity index (χ0) is 22.4. The fourth-order valence-corrected chi connectivity index (χ4v) is 4.01. The molecule has 1 aromatic carbocycles. The van der Waals surface area contributed by atoms with Crippen molar-refractivity contribution >= 4 is 11.7 Å². The maximum Gasteiger partial charge on any atom is 0.322 e. The van der Waals surface area contributed by atoms with Gasteiger partial charge in [0.2, 0.25) is 0 Å². The Bertz CT molecular complexity index is 1110. The number of anilines is 1. The molecule has 1 atom stereocenters. The zero-order valence-corrected chi connectivity index (χ0v) is 16.5. The number of hydrogen-bond acceptors (Lipinski definition) is 4. The number of carbonyl (C=O) groups excluding carboxylic acids is 1. The summed E-state index contributed by atoms with van der Waals surface area (Å²) in [6.45, 7) is 3.59. The van der Waals surface area contributed by atoms with Gasteiger partial charge >= 0.3 is 6.03 Å². The van der Waals surface area contributed by atoms with Gasteiger partial charge in [0.1, 0.15) is 23.2 Å². The Morgan fingerprint density at radius 2 is 2.16 bits per heavy atom. The largest absolute Gasteiger partial charge is 0.384 e. The smallest absolute Gasteiger partial charge is 0.322 e. The van der Waals surface area contributed by atoms with Crippen LogP contribution in [0.1, 0.15) is 35.4 Å².